The van der Waals surface area contributed by atoms with Crippen LogP contribution < -0.4 is 14.2 Å². The number of benzene rings is 3. The molecule has 33 heavy (non-hydrogen) atoms. The molecule has 7 nitrogen and oxygen atoms in total. The van der Waals surface area contributed by atoms with Crippen LogP contribution in [0.15, 0.2) is 78.9 Å². The van der Waals surface area contributed by atoms with E-state index in [1.807, 2.05) is 78.9 Å². The molecule has 0 fully saturated rings. The van der Waals surface area contributed by atoms with Gasteiger partial charge in [0, 0.05) is 17.0 Å². The van der Waals surface area contributed by atoms with Crippen LogP contribution in [-0.4, -0.2) is 31.4 Å². The Balaban J connectivity index is 1.41. The van der Waals surface area contributed by atoms with Crippen molar-refractivity contribution < 1.29 is 23.0 Å². The topological polar surface area (TPSA) is 101 Å². The first-order chi connectivity index (χ1) is 15.9. The molecule has 1 aromatic heterocycles. The Morgan fingerprint density at radius 3 is 2.42 bits per heavy atom. The average molecular weight is 467 g/mol. The summed E-state index contributed by atoms with van der Waals surface area (Å²) in [7, 11) is -3.57. The van der Waals surface area contributed by atoms with Crippen molar-refractivity contribution in [2.24, 2.45) is 0 Å². The minimum absolute atomic E-state index is 0.444. The highest BCUT2D eigenvalue weighted by Gasteiger charge is 2.20. The Morgan fingerprint density at radius 2 is 1.64 bits per heavy atom. The average Bonchev–Trinajstić information content (AvgIpc) is 3.15. The minimum Gasteiger partial charge on any atom is -0.493 e. The number of aliphatic hydroxyl groups excluding tert-OH is 1. The molecule has 0 aliphatic rings. The molecule has 1 heterocycles. The maximum atomic E-state index is 11.6. The van der Waals surface area contributed by atoms with Crippen LogP contribution in [0, 0.1) is 0 Å². The fourth-order valence-electron chi connectivity index (χ4n) is 3.68. The SMILES string of the molecule is CS(=O)(=O)NC(O)c1[nH]c2ccccc2c1CCCOc1cccc(Oc2ccccc2)c1. The molecular weight excluding hydrogens is 440 g/mol. The number of hydrogen-bond donors (Lipinski definition) is 3. The number of aliphatic hydroxyl groups is 1. The molecule has 0 spiro atoms. The summed E-state index contributed by atoms with van der Waals surface area (Å²) in [5, 5.41) is 11.4. The van der Waals surface area contributed by atoms with E-state index in [4.69, 9.17) is 9.47 Å². The fourth-order valence-corrected chi connectivity index (χ4v) is 4.20. The molecule has 172 valence electrons. The highest BCUT2D eigenvalue weighted by molar-refractivity contribution is 7.88. The second kappa shape index (κ2) is 10.1. The van der Waals surface area contributed by atoms with E-state index in [0.29, 0.717) is 36.6 Å². The van der Waals surface area contributed by atoms with Crippen LogP contribution in [0.5, 0.6) is 17.2 Å². The van der Waals surface area contributed by atoms with Gasteiger partial charge in [-0.3, -0.25) is 0 Å². The third-order valence-electron chi connectivity index (χ3n) is 5.07. The fraction of sp³-hybridized carbons (Fsp3) is 0.200. The number of hydrogen-bond acceptors (Lipinski definition) is 5. The second-order valence-electron chi connectivity index (χ2n) is 7.70. The van der Waals surface area contributed by atoms with Crippen LogP contribution >= 0.6 is 0 Å². The smallest absolute Gasteiger partial charge is 0.211 e. The molecule has 0 radical (unpaired) electrons. The van der Waals surface area contributed by atoms with Gasteiger partial charge in [-0.05, 0) is 48.7 Å². The van der Waals surface area contributed by atoms with Gasteiger partial charge in [-0.25, -0.2) is 8.42 Å². The molecule has 0 bridgehead atoms. The summed E-state index contributed by atoms with van der Waals surface area (Å²) in [6, 6.07) is 24.6. The minimum atomic E-state index is -3.57. The lowest BCUT2D eigenvalue weighted by atomic mass is 10.1. The third kappa shape index (κ3) is 6.13. The second-order valence-corrected chi connectivity index (χ2v) is 9.48. The van der Waals surface area contributed by atoms with Crippen molar-refractivity contribution in [1.29, 1.82) is 0 Å². The van der Waals surface area contributed by atoms with E-state index in [1.165, 1.54) is 0 Å². The predicted octanol–water partition coefficient (Wildman–Crippen LogP) is 4.51. The molecule has 1 unspecified atom stereocenters. The van der Waals surface area contributed by atoms with Gasteiger partial charge in [0.05, 0.1) is 18.6 Å². The first-order valence-corrected chi connectivity index (χ1v) is 12.5. The van der Waals surface area contributed by atoms with Crippen molar-refractivity contribution in [3.05, 3.63) is 90.1 Å². The number of sulfonamides is 1. The molecule has 0 aliphatic carbocycles. The van der Waals surface area contributed by atoms with E-state index < -0.39 is 16.3 Å². The van der Waals surface area contributed by atoms with Gasteiger partial charge >= 0.3 is 0 Å². The lowest BCUT2D eigenvalue weighted by Crippen LogP contribution is -2.28. The molecule has 0 aliphatic heterocycles. The van der Waals surface area contributed by atoms with Crippen molar-refractivity contribution in [3.8, 4) is 17.2 Å². The molecule has 3 N–H and O–H groups in total. The highest BCUT2D eigenvalue weighted by atomic mass is 32.2. The normalized spacial score (nSPS) is 12.5. The van der Waals surface area contributed by atoms with Gasteiger partial charge in [0.15, 0.2) is 6.23 Å². The molecule has 3 aromatic carbocycles. The maximum absolute atomic E-state index is 11.6. The van der Waals surface area contributed by atoms with Gasteiger partial charge in [-0.15, -0.1) is 0 Å². The Bertz CT molecular complexity index is 1320. The predicted molar refractivity (Wildman–Crippen MR) is 128 cm³/mol. The highest BCUT2D eigenvalue weighted by Crippen LogP contribution is 2.28. The van der Waals surface area contributed by atoms with Gasteiger partial charge < -0.3 is 19.6 Å². The van der Waals surface area contributed by atoms with E-state index in [2.05, 4.69) is 9.71 Å². The van der Waals surface area contributed by atoms with Gasteiger partial charge in [0.1, 0.15) is 17.2 Å². The standard InChI is InChI=1S/C25H26N2O5S/c1-33(29,30)27-25(28)24-22(21-13-5-6-15-23(21)26-24)14-8-16-31-19-11-7-12-20(17-19)32-18-9-3-2-4-10-18/h2-7,9-13,15,17,25-28H,8,14,16H2,1H3. The van der Waals surface area contributed by atoms with Crippen LogP contribution in [0.25, 0.3) is 10.9 Å². The quantitative estimate of drug-likeness (QED) is 0.236. The summed E-state index contributed by atoms with van der Waals surface area (Å²) in [4.78, 5) is 3.14. The number of nitrogens with one attached hydrogen (secondary N) is 2. The Morgan fingerprint density at radius 1 is 0.939 bits per heavy atom. The summed E-state index contributed by atoms with van der Waals surface area (Å²) in [5.74, 6) is 2.14. The van der Waals surface area contributed by atoms with Crippen LogP contribution in [0.3, 0.4) is 0 Å². The number of H-pyrrole nitrogens is 1. The summed E-state index contributed by atoms with van der Waals surface area (Å²) >= 11 is 0. The summed E-state index contributed by atoms with van der Waals surface area (Å²) < 4.78 is 37.2. The van der Waals surface area contributed by atoms with Crippen LogP contribution in [0.4, 0.5) is 0 Å². The summed E-state index contributed by atoms with van der Waals surface area (Å²) in [5.41, 5.74) is 2.14. The summed E-state index contributed by atoms with van der Waals surface area (Å²) in [6.07, 6.45) is 0.934. The molecule has 8 heteroatoms. The zero-order chi connectivity index (χ0) is 23.3. The molecule has 4 rings (SSSR count). The first kappa shape index (κ1) is 22.8. The van der Waals surface area contributed by atoms with Gasteiger partial charge in [0.25, 0.3) is 0 Å². The van der Waals surface area contributed by atoms with Crippen LogP contribution in [-0.2, 0) is 16.4 Å². The number of fused-ring (bicyclic) bond motifs is 1. The lowest BCUT2D eigenvalue weighted by Gasteiger charge is -2.13. The van der Waals surface area contributed by atoms with E-state index >= 15 is 0 Å². The van der Waals surface area contributed by atoms with Gasteiger partial charge in [-0.2, -0.15) is 4.72 Å². The van der Waals surface area contributed by atoms with Crippen molar-refractivity contribution in [2.75, 3.05) is 12.9 Å². The summed E-state index contributed by atoms with van der Waals surface area (Å²) in [6.45, 7) is 0.448. The zero-order valence-corrected chi connectivity index (χ0v) is 19.0. The number of aromatic nitrogens is 1. The Hall–Kier alpha value is -3.33. The largest absolute Gasteiger partial charge is 0.493 e. The monoisotopic (exact) mass is 466 g/mol. The van der Waals surface area contributed by atoms with Crippen LogP contribution in [0.2, 0.25) is 0 Å². The van der Waals surface area contributed by atoms with Gasteiger partial charge in [-0.1, -0.05) is 42.5 Å². The van der Waals surface area contributed by atoms with Crippen LogP contribution in [0.1, 0.15) is 23.9 Å². The molecule has 4 aromatic rings. The molecular formula is C25H26N2O5S. The van der Waals surface area contributed by atoms with Crippen molar-refractivity contribution in [2.45, 2.75) is 19.1 Å². The zero-order valence-electron chi connectivity index (χ0n) is 18.2. The third-order valence-corrected chi connectivity index (χ3v) is 5.72. The maximum Gasteiger partial charge on any atom is 0.211 e. The van der Waals surface area contributed by atoms with Crippen molar-refractivity contribution in [1.82, 2.24) is 9.71 Å². The number of ether oxygens (including phenoxy) is 2. The molecule has 0 saturated heterocycles. The Kier molecular flexibility index (Phi) is 6.98. The number of para-hydroxylation sites is 2. The number of aromatic amines is 1. The Labute approximate surface area is 193 Å². The van der Waals surface area contributed by atoms with Crippen molar-refractivity contribution in [3.63, 3.8) is 0 Å². The van der Waals surface area contributed by atoms with Gasteiger partial charge in [0.2, 0.25) is 10.0 Å². The van der Waals surface area contributed by atoms with Crippen molar-refractivity contribution >= 4 is 20.9 Å². The van der Waals surface area contributed by atoms with E-state index in [9.17, 15) is 13.5 Å². The lowest BCUT2D eigenvalue weighted by molar-refractivity contribution is 0.161. The van der Waals surface area contributed by atoms with E-state index in [-0.39, 0.29) is 0 Å². The molecule has 1 atom stereocenters. The number of rotatable bonds is 10. The number of aryl methyl sites for hydroxylation is 1. The first-order valence-electron chi connectivity index (χ1n) is 10.6. The van der Waals surface area contributed by atoms with E-state index in [1.54, 1.807) is 0 Å². The van der Waals surface area contributed by atoms with E-state index in [0.717, 1.165) is 28.5 Å². The molecule has 0 amide bonds. The molecule has 0 saturated carbocycles.